The fourth-order valence-electron chi connectivity index (χ4n) is 2.12. The van der Waals surface area contributed by atoms with E-state index in [9.17, 15) is 15.0 Å². The minimum atomic E-state index is -1.19. The molecule has 3 aromatic rings. The number of fused-ring (bicyclic) bond motifs is 1. The molecular formula is C15H12N4O3. The third kappa shape index (κ3) is 2.28. The minimum absolute atomic E-state index is 0.0336. The monoisotopic (exact) mass is 296 g/mol. The molecule has 0 spiro atoms. The number of hydrogen-bond acceptors (Lipinski definition) is 5. The predicted molar refractivity (Wildman–Crippen MR) is 79.2 cm³/mol. The maximum Gasteiger partial charge on any atom is 0.358 e. The molecule has 0 radical (unpaired) electrons. The lowest BCUT2D eigenvalue weighted by Gasteiger charge is -2.01. The highest BCUT2D eigenvalue weighted by Crippen LogP contribution is 2.29. The highest BCUT2D eigenvalue weighted by molar-refractivity contribution is 5.91. The lowest BCUT2D eigenvalue weighted by Crippen LogP contribution is -1.97. The van der Waals surface area contributed by atoms with E-state index in [1.54, 1.807) is 34.7 Å². The molecule has 0 unspecified atom stereocenters. The highest BCUT2D eigenvalue weighted by atomic mass is 16.4. The van der Waals surface area contributed by atoms with Crippen molar-refractivity contribution in [3.05, 3.63) is 53.9 Å². The number of carbonyl (C=O) groups is 1. The van der Waals surface area contributed by atoms with Crippen molar-refractivity contribution in [1.82, 2.24) is 9.38 Å². The lowest BCUT2D eigenvalue weighted by atomic mass is 10.3. The Labute approximate surface area is 125 Å². The summed E-state index contributed by atoms with van der Waals surface area (Å²) in [4.78, 5) is 15.4. The highest BCUT2D eigenvalue weighted by Gasteiger charge is 2.19. The van der Waals surface area contributed by atoms with Crippen LogP contribution in [0.2, 0.25) is 0 Å². The van der Waals surface area contributed by atoms with E-state index in [1.165, 1.54) is 6.07 Å². The van der Waals surface area contributed by atoms with Gasteiger partial charge >= 0.3 is 5.97 Å². The van der Waals surface area contributed by atoms with Crippen LogP contribution in [0.15, 0.2) is 52.7 Å². The molecule has 2 heterocycles. The number of phenolic OH excluding ortho intramolecular Hbond substituents is 1. The average Bonchev–Trinajstić information content (AvgIpc) is 2.87. The molecule has 0 bridgehead atoms. The van der Waals surface area contributed by atoms with Gasteiger partial charge in [0.05, 0.1) is 0 Å². The first-order valence-electron chi connectivity index (χ1n) is 6.49. The number of aromatic nitrogens is 2. The number of benzene rings is 1. The van der Waals surface area contributed by atoms with Gasteiger partial charge < -0.3 is 10.2 Å². The molecule has 0 aliphatic rings. The van der Waals surface area contributed by atoms with Crippen LogP contribution >= 0.6 is 0 Å². The molecule has 110 valence electrons. The van der Waals surface area contributed by atoms with Crippen molar-refractivity contribution in [3.8, 4) is 5.75 Å². The lowest BCUT2D eigenvalue weighted by molar-refractivity contribution is 0.0692. The molecule has 0 saturated carbocycles. The van der Waals surface area contributed by atoms with Crippen molar-refractivity contribution in [2.24, 2.45) is 10.2 Å². The fourth-order valence-corrected chi connectivity index (χ4v) is 2.12. The number of hydrogen-bond donors (Lipinski definition) is 2. The number of aromatic hydroxyl groups is 1. The van der Waals surface area contributed by atoms with E-state index in [0.29, 0.717) is 5.65 Å². The molecule has 0 aliphatic carbocycles. The first-order valence-corrected chi connectivity index (χ1v) is 6.49. The molecule has 0 fully saturated rings. The zero-order chi connectivity index (χ0) is 15.7. The van der Waals surface area contributed by atoms with Crippen LogP contribution in [0.5, 0.6) is 5.75 Å². The SMILES string of the molecule is Cc1cccc2nc(C(=O)O)c(N=Nc3ccccc3O)n12. The van der Waals surface area contributed by atoms with E-state index in [-0.39, 0.29) is 22.9 Å². The number of carboxylic acid groups (broad SMARTS) is 1. The molecular weight excluding hydrogens is 284 g/mol. The fraction of sp³-hybridized carbons (Fsp3) is 0.0667. The number of azo groups is 1. The van der Waals surface area contributed by atoms with Gasteiger partial charge in [-0.3, -0.25) is 4.40 Å². The molecule has 7 nitrogen and oxygen atoms in total. The van der Waals surface area contributed by atoms with Gasteiger partial charge in [0.15, 0.2) is 11.5 Å². The predicted octanol–water partition coefficient (Wildman–Crippen LogP) is 3.46. The molecule has 0 aliphatic heterocycles. The third-order valence-corrected chi connectivity index (χ3v) is 3.15. The van der Waals surface area contributed by atoms with Gasteiger partial charge in [-0.2, -0.15) is 0 Å². The van der Waals surface area contributed by atoms with Crippen LogP contribution in [0.1, 0.15) is 16.2 Å². The van der Waals surface area contributed by atoms with Crippen LogP contribution in [0, 0.1) is 6.92 Å². The Bertz CT molecular complexity index is 899. The summed E-state index contributed by atoms with van der Waals surface area (Å²) in [5.41, 5.74) is 1.32. The summed E-state index contributed by atoms with van der Waals surface area (Å²) in [5, 5.41) is 26.9. The maximum absolute atomic E-state index is 11.4. The second-order valence-corrected chi connectivity index (χ2v) is 4.64. The van der Waals surface area contributed by atoms with Gasteiger partial charge in [-0.15, -0.1) is 10.2 Å². The van der Waals surface area contributed by atoms with Gasteiger partial charge in [-0.05, 0) is 31.2 Å². The van der Waals surface area contributed by atoms with Crippen LogP contribution in [0.25, 0.3) is 5.65 Å². The second kappa shape index (κ2) is 5.28. The first kappa shape index (κ1) is 13.7. The largest absolute Gasteiger partial charge is 0.506 e. The van der Waals surface area contributed by atoms with E-state index in [0.717, 1.165) is 5.69 Å². The Morgan fingerprint density at radius 1 is 1.14 bits per heavy atom. The van der Waals surface area contributed by atoms with Crippen LogP contribution < -0.4 is 0 Å². The van der Waals surface area contributed by atoms with Gasteiger partial charge in [0.2, 0.25) is 0 Å². The summed E-state index contributed by atoms with van der Waals surface area (Å²) in [6.07, 6.45) is 0. The standard InChI is InChI=1S/C15H12N4O3/c1-9-5-4-8-12-16-13(15(21)22)14(19(9)12)18-17-10-6-2-3-7-11(10)20/h2-8,20H,1H3,(H,21,22). The van der Waals surface area contributed by atoms with Crippen LogP contribution in [-0.2, 0) is 0 Å². The van der Waals surface area contributed by atoms with Crippen molar-refractivity contribution in [2.75, 3.05) is 0 Å². The second-order valence-electron chi connectivity index (χ2n) is 4.64. The molecule has 3 rings (SSSR count). The van der Waals surface area contributed by atoms with Crippen molar-refractivity contribution in [1.29, 1.82) is 0 Å². The molecule has 0 atom stereocenters. The molecule has 0 saturated heterocycles. The topological polar surface area (TPSA) is 99.5 Å². The van der Waals surface area contributed by atoms with Crippen LogP contribution in [0.3, 0.4) is 0 Å². The molecule has 7 heteroatoms. The smallest absolute Gasteiger partial charge is 0.358 e. The summed E-state index contributed by atoms with van der Waals surface area (Å²) in [6, 6.07) is 11.7. The Morgan fingerprint density at radius 3 is 2.64 bits per heavy atom. The quantitative estimate of drug-likeness (QED) is 0.723. The van der Waals surface area contributed by atoms with Crippen LogP contribution in [0.4, 0.5) is 11.5 Å². The van der Waals surface area contributed by atoms with E-state index in [2.05, 4.69) is 15.2 Å². The molecule has 1 aromatic carbocycles. The molecule has 2 N–H and O–H groups in total. The number of rotatable bonds is 3. The van der Waals surface area contributed by atoms with Crippen molar-refractivity contribution >= 4 is 23.1 Å². The van der Waals surface area contributed by atoms with Crippen molar-refractivity contribution in [2.45, 2.75) is 6.92 Å². The van der Waals surface area contributed by atoms with Crippen molar-refractivity contribution < 1.29 is 15.0 Å². The Morgan fingerprint density at radius 2 is 1.91 bits per heavy atom. The number of pyridine rings is 1. The molecule has 0 amide bonds. The van der Waals surface area contributed by atoms with Crippen LogP contribution in [-0.4, -0.2) is 25.6 Å². The summed E-state index contributed by atoms with van der Waals surface area (Å²) in [7, 11) is 0. The summed E-state index contributed by atoms with van der Waals surface area (Å²) in [6.45, 7) is 1.82. The third-order valence-electron chi connectivity index (χ3n) is 3.15. The minimum Gasteiger partial charge on any atom is -0.506 e. The first-order chi connectivity index (χ1) is 10.6. The zero-order valence-electron chi connectivity index (χ0n) is 11.6. The number of para-hydroxylation sites is 1. The van der Waals surface area contributed by atoms with Gasteiger partial charge in [-0.25, -0.2) is 9.78 Å². The van der Waals surface area contributed by atoms with E-state index in [4.69, 9.17) is 0 Å². The van der Waals surface area contributed by atoms with E-state index >= 15 is 0 Å². The Hall–Kier alpha value is -3.22. The number of nitrogens with zero attached hydrogens (tertiary/aromatic N) is 4. The normalized spacial score (nSPS) is 11.3. The Kier molecular flexibility index (Phi) is 3.30. The van der Waals surface area contributed by atoms with Gasteiger partial charge in [0.25, 0.3) is 0 Å². The van der Waals surface area contributed by atoms with E-state index < -0.39 is 5.97 Å². The molecule has 2 aromatic heterocycles. The van der Waals surface area contributed by atoms with Crippen molar-refractivity contribution in [3.63, 3.8) is 0 Å². The van der Waals surface area contributed by atoms with Gasteiger partial charge in [-0.1, -0.05) is 18.2 Å². The number of aryl methyl sites for hydroxylation is 1. The summed E-state index contributed by atoms with van der Waals surface area (Å²) < 4.78 is 1.60. The summed E-state index contributed by atoms with van der Waals surface area (Å²) in [5.74, 6) is -1.10. The Balaban J connectivity index is 2.19. The maximum atomic E-state index is 11.4. The van der Waals surface area contributed by atoms with Gasteiger partial charge in [0.1, 0.15) is 17.1 Å². The number of phenols is 1. The summed E-state index contributed by atoms with van der Waals surface area (Å²) >= 11 is 0. The van der Waals surface area contributed by atoms with Gasteiger partial charge in [0, 0.05) is 5.69 Å². The number of imidazole rings is 1. The molecule has 22 heavy (non-hydrogen) atoms. The number of carboxylic acids is 1. The average molecular weight is 296 g/mol. The number of aromatic carboxylic acids is 1. The van der Waals surface area contributed by atoms with E-state index in [1.807, 2.05) is 13.0 Å². The zero-order valence-corrected chi connectivity index (χ0v) is 11.6.